The summed E-state index contributed by atoms with van der Waals surface area (Å²) in [5.74, 6) is -1.16. The topological polar surface area (TPSA) is 136 Å². The van der Waals surface area contributed by atoms with Crippen LogP contribution in [-0.2, 0) is 14.4 Å². The molecule has 132 valence electrons. The summed E-state index contributed by atoms with van der Waals surface area (Å²) in [7, 11) is 0. The van der Waals surface area contributed by atoms with E-state index in [-0.39, 0.29) is 23.0 Å². The third kappa shape index (κ3) is 6.34. The van der Waals surface area contributed by atoms with Crippen molar-refractivity contribution in [2.75, 3.05) is 0 Å². The Morgan fingerprint density at radius 2 is 1.96 bits per heavy atom. The van der Waals surface area contributed by atoms with E-state index in [9.17, 15) is 19.5 Å². The lowest BCUT2D eigenvalue weighted by Gasteiger charge is -2.15. The maximum Gasteiger partial charge on any atom is 0.335 e. The lowest BCUT2D eigenvalue weighted by Crippen LogP contribution is -2.24. The molecule has 1 aliphatic rings. The van der Waals surface area contributed by atoms with Crippen LogP contribution < -0.4 is 16.8 Å². The fourth-order valence-corrected chi connectivity index (χ4v) is 1.98. The van der Waals surface area contributed by atoms with Crippen LogP contribution >= 0.6 is 0 Å². The largest absolute Gasteiger partial charge is 0.478 e. The maximum atomic E-state index is 11.4. The van der Waals surface area contributed by atoms with Gasteiger partial charge in [0.15, 0.2) is 0 Å². The third-order valence-corrected chi connectivity index (χ3v) is 3.39. The zero-order valence-electron chi connectivity index (χ0n) is 13.8. The molecule has 6 N–H and O–H groups in total. The number of aliphatic carboxylic acids is 1. The van der Waals surface area contributed by atoms with Gasteiger partial charge in [-0.15, -0.1) is 0 Å². The third-order valence-electron chi connectivity index (χ3n) is 3.39. The monoisotopic (exact) mass is 343 g/mol. The van der Waals surface area contributed by atoms with Gasteiger partial charge >= 0.3 is 5.97 Å². The van der Waals surface area contributed by atoms with E-state index in [4.69, 9.17) is 11.5 Å². The van der Waals surface area contributed by atoms with Gasteiger partial charge in [-0.3, -0.25) is 9.59 Å². The van der Waals surface area contributed by atoms with Gasteiger partial charge in [0.05, 0.1) is 17.0 Å². The van der Waals surface area contributed by atoms with Gasteiger partial charge in [-0.2, -0.15) is 0 Å². The van der Waals surface area contributed by atoms with E-state index in [1.165, 1.54) is 18.2 Å². The summed E-state index contributed by atoms with van der Waals surface area (Å²) < 4.78 is 0. The highest BCUT2D eigenvalue weighted by Crippen LogP contribution is 2.11. The molecule has 0 fully saturated rings. The first-order chi connectivity index (χ1) is 11.9. The van der Waals surface area contributed by atoms with Crippen LogP contribution in [0.5, 0.6) is 0 Å². The number of hydrogen-bond acceptors (Lipinski definition) is 6. The average Bonchev–Trinajstić information content (AvgIpc) is 2.62. The van der Waals surface area contributed by atoms with E-state index in [2.05, 4.69) is 5.32 Å². The summed E-state index contributed by atoms with van der Waals surface area (Å²) in [6, 6.07) is -0.202. The van der Waals surface area contributed by atoms with Crippen molar-refractivity contribution in [3.8, 4) is 0 Å². The first kappa shape index (κ1) is 19.7. The Bertz CT molecular complexity index is 725. The first-order valence-electron chi connectivity index (χ1n) is 7.50. The lowest BCUT2D eigenvalue weighted by molar-refractivity contribution is -0.132. The van der Waals surface area contributed by atoms with Gasteiger partial charge in [0, 0.05) is 17.2 Å². The molecule has 0 radical (unpaired) electrons. The predicted octanol–water partition coefficient (Wildman–Crippen LogP) is 0.829. The molecule has 7 heteroatoms. The van der Waals surface area contributed by atoms with E-state index >= 15 is 0 Å². The number of aldehydes is 2. The zero-order chi connectivity index (χ0) is 18.8. The van der Waals surface area contributed by atoms with Crippen molar-refractivity contribution in [3.05, 3.63) is 70.8 Å². The molecule has 1 unspecified atom stereocenters. The van der Waals surface area contributed by atoms with E-state index in [1.54, 1.807) is 31.4 Å². The van der Waals surface area contributed by atoms with Crippen molar-refractivity contribution < 1.29 is 19.5 Å². The molecule has 7 nitrogen and oxygen atoms in total. The number of hydrogen-bond donors (Lipinski definition) is 4. The van der Waals surface area contributed by atoms with Crippen LogP contribution in [0.3, 0.4) is 0 Å². The Morgan fingerprint density at radius 1 is 1.28 bits per heavy atom. The lowest BCUT2D eigenvalue weighted by atomic mass is 10.0. The number of carboxylic acids is 1. The number of nitrogens with one attached hydrogen (secondary N) is 1. The van der Waals surface area contributed by atoms with Crippen LogP contribution in [0.25, 0.3) is 0 Å². The van der Waals surface area contributed by atoms with E-state index in [0.29, 0.717) is 23.9 Å². The predicted molar refractivity (Wildman–Crippen MR) is 94.9 cm³/mol. The number of nitrogens with two attached hydrogens (primary N) is 2. The molecule has 0 amide bonds. The second kappa shape index (κ2) is 9.71. The van der Waals surface area contributed by atoms with E-state index < -0.39 is 5.97 Å². The van der Waals surface area contributed by atoms with Crippen molar-refractivity contribution in [2.45, 2.75) is 19.4 Å². The normalized spacial score (nSPS) is 19.1. The Balaban J connectivity index is 2.98. The molecule has 0 saturated heterocycles. The molecule has 1 atom stereocenters. The molecule has 1 rings (SSSR count). The summed E-state index contributed by atoms with van der Waals surface area (Å²) in [6.07, 6.45) is 12.3. The van der Waals surface area contributed by atoms with Gasteiger partial charge in [-0.1, -0.05) is 18.2 Å². The minimum absolute atomic E-state index is 0.0375. The van der Waals surface area contributed by atoms with E-state index in [0.717, 1.165) is 6.29 Å². The second-order valence-corrected chi connectivity index (χ2v) is 5.20. The van der Waals surface area contributed by atoms with Gasteiger partial charge in [-0.05, 0) is 37.8 Å². The molecular weight excluding hydrogens is 322 g/mol. The zero-order valence-corrected chi connectivity index (χ0v) is 13.8. The standard InChI is InChI=1S/C18H21N3O4/c1-2-12(10-22)8-16(19)17(20)9-14(18(24)25)3-4-15-7-13(11-23)5-6-21-15/h2-3,5-11,15,21H,4,19-20H2,1H3,(H,24,25)/b12-2+,14-3+,16-8-,17-9-. The van der Waals surface area contributed by atoms with Crippen LogP contribution in [0.15, 0.2) is 70.8 Å². The Morgan fingerprint density at radius 3 is 2.52 bits per heavy atom. The summed E-state index contributed by atoms with van der Waals surface area (Å²) in [5.41, 5.74) is 12.5. The molecule has 1 heterocycles. The fourth-order valence-electron chi connectivity index (χ4n) is 1.98. The molecule has 0 saturated carbocycles. The van der Waals surface area contributed by atoms with Gasteiger partial charge in [0.2, 0.25) is 0 Å². The number of rotatable bonds is 8. The highest BCUT2D eigenvalue weighted by Gasteiger charge is 2.10. The molecular formula is C18H21N3O4. The molecule has 0 bridgehead atoms. The van der Waals surface area contributed by atoms with Crippen molar-refractivity contribution in [1.29, 1.82) is 0 Å². The summed E-state index contributed by atoms with van der Waals surface area (Å²) in [6.45, 7) is 1.67. The Kier molecular flexibility index (Phi) is 7.65. The molecule has 0 spiro atoms. The molecule has 0 aromatic heterocycles. The van der Waals surface area contributed by atoms with Crippen molar-refractivity contribution in [1.82, 2.24) is 5.32 Å². The summed E-state index contributed by atoms with van der Waals surface area (Å²) in [5, 5.41) is 12.3. The van der Waals surface area contributed by atoms with E-state index in [1.807, 2.05) is 0 Å². The molecule has 0 aromatic carbocycles. The van der Waals surface area contributed by atoms with Crippen LogP contribution in [0.1, 0.15) is 13.3 Å². The van der Waals surface area contributed by atoms with Crippen LogP contribution in [0.2, 0.25) is 0 Å². The maximum absolute atomic E-state index is 11.4. The van der Waals surface area contributed by atoms with Gasteiger partial charge in [0.25, 0.3) is 0 Å². The Labute approximate surface area is 145 Å². The Hall–Kier alpha value is -3.35. The van der Waals surface area contributed by atoms with Gasteiger partial charge in [0.1, 0.15) is 12.6 Å². The highest BCUT2D eigenvalue weighted by molar-refractivity contribution is 5.90. The van der Waals surface area contributed by atoms with Crippen molar-refractivity contribution in [2.24, 2.45) is 11.5 Å². The van der Waals surface area contributed by atoms with Crippen molar-refractivity contribution in [3.63, 3.8) is 0 Å². The quantitative estimate of drug-likeness (QED) is 0.291. The second-order valence-electron chi connectivity index (χ2n) is 5.20. The number of allylic oxidation sites excluding steroid dienone is 5. The summed E-state index contributed by atoms with van der Waals surface area (Å²) >= 11 is 0. The van der Waals surface area contributed by atoms with Crippen molar-refractivity contribution >= 4 is 18.5 Å². The first-order valence-corrected chi connectivity index (χ1v) is 7.50. The SMILES string of the molecule is C\C=C(C=O)/C=C(N)/C(N)=C/C(=C\CC1C=C(C=O)C=CN1)C(=O)O. The molecule has 25 heavy (non-hydrogen) atoms. The molecule has 0 aromatic rings. The minimum atomic E-state index is -1.16. The fraction of sp³-hybridized carbons (Fsp3) is 0.167. The van der Waals surface area contributed by atoms with Gasteiger partial charge < -0.3 is 21.9 Å². The number of dihydropyridines is 1. The summed E-state index contributed by atoms with van der Waals surface area (Å²) in [4.78, 5) is 32.9. The number of carbonyl (C=O) groups is 3. The van der Waals surface area contributed by atoms with Crippen LogP contribution in [0, 0.1) is 0 Å². The average molecular weight is 343 g/mol. The number of carboxylic acid groups (broad SMARTS) is 1. The molecule has 1 aliphatic heterocycles. The smallest absolute Gasteiger partial charge is 0.335 e. The minimum Gasteiger partial charge on any atom is -0.478 e. The van der Waals surface area contributed by atoms with Crippen LogP contribution in [-0.4, -0.2) is 29.7 Å². The van der Waals surface area contributed by atoms with Gasteiger partial charge in [-0.25, -0.2) is 4.79 Å². The van der Waals surface area contributed by atoms with Crippen LogP contribution in [0.4, 0.5) is 0 Å². The highest BCUT2D eigenvalue weighted by atomic mass is 16.4. The molecule has 0 aliphatic carbocycles. The number of carbonyl (C=O) groups excluding carboxylic acids is 2.